The molecular formula is C13H18N6O2. The van der Waals surface area contributed by atoms with Crippen molar-refractivity contribution in [2.24, 2.45) is 14.1 Å². The average Bonchev–Trinajstić information content (AvgIpc) is 2.96. The quantitative estimate of drug-likeness (QED) is 0.887. The molecule has 0 bridgehead atoms. The number of amides is 2. The van der Waals surface area contributed by atoms with E-state index >= 15 is 0 Å². The van der Waals surface area contributed by atoms with Gasteiger partial charge in [-0.2, -0.15) is 10.2 Å². The summed E-state index contributed by atoms with van der Waals surface area (Å²) in [5.41, 5.74) is 1.60. The van der Waals surface area contributed by atoms with Crippen LogP contribution in [0.3, 0.4) is 0 Å². The van der Waals surface area contributed by atoms with Crippen LogP contribution < -0.4 is 5.32 Å². The van der Waals surface area contributed by atoms with E-state index in [1.807, 2.05) is 0 Å². The molecule has 21 heavy (non-hydrogen) atoms. The van der Waals surface area contributed by atoms with Crippen molar-refractivity contribution in [3.8, 4) is 0 Å². The second kappa shape index (κ2) is 5.39. The maximum Gasteiger partial charge on any atom is 0.276 e. The Balaban J connectivity index is 2.35. The highest BCUT2D eigenvalue weighted by atomic mass is 16.2. The SMILES string of the molecule is Cc1c(NC(=O)c2ccn(C)n2)c(C(=O)N(C)C)nn1C. The lowest BCUT2D eigenvalue weighted by Gasteiger charge is -2.10. The van der Waals surface area contributed by atoms with Crippen molar-refractivity contribution in [2.75, 3.05) is 19.4 Å². The Labute approximate surface area is 122 Å². The van der Waals surface area contributed by atoms with Crippen molar-refractivity contribution in [3.05, 3.63) is 29.3 Å². The monoisotopic (exact) mass is 290 g/mol. The van der Waals surface area contributed by atoms with Gasteiger partial charge < -0.3 is 10.2 Å². The minimum Gasteiger partial charge on any atom is -0.343 e. The molecule has 8 nitrogen and oxygen atoms in total. The highest BCUT2D eigenvalue weighted by Gasteiger charge is 2.23. The second-order valence-electron chi connectivity index (χ2n) is 4.96. The number of nitrogens with zero attached hydrogens (tertiary/aromatic N) is 5. The van der Waals surface area contributed by atoms with E-state index in [-0.39, 0.29) is 23.2 Å². The van der Waals surface area contributed by atoms with Gasteiger partial charge in [0.25, 0.3) is 11.8 Å². The third-order valence-corrected chi connectivity index (χ3v) is 3.13. The van der Waals surface area contributed by atoms with E-state index in [0.717, 1.165) is 0 Å². The summed E-state index contributed by atoms with van der Waals surface area (Å²) >= 11 is 0. The summed E-state index contributed by atoms with van der Waals surface area (Å²) in [6.45, 7) is 1.79. The summed E-state index contributed by atoms with van der Waals surface area (Å²) in [4.78, 5) is 25.7. The normalized spacial score (nSPS) is 10.5. The Morgan fingerprint density at radius 2 is 1.90 bits per heavy atom. The summed E-state index contributed by atoms with van der Waals surface area (Å²) in [6.07, 6.45) is 1.68. The predicted molar refractivity (Wildman–Crippen MR) is 77.1 cm³/mol. The molecule has 0 atom stereocenters. The molecule has 0 radical (unpaired) electrons. The molecule has 0 saturated carbocycles. The van der Waals surface area contributed by atoms with Crippen molar-refractivity contribution >= 4 is 17.5 Å². The number of aromatic nitrogens is 4. The fourth-order valence-electron chi connectivity index (χ4n) is 1.83. The fraction of sp³-hybridized carbons (Fsp3) is 0.385. The van der Waals surface area contributed by atoms with Crippen LogP contribution in [0.4, 0.5) is 5.69 Å². The van der Waals surface area contributed by atoms with Crippen molar-refractivity contribution in [1.29, 1.82) is 0 Å². The summed E-state index contributed by atoms with van der Waals surface area (Å²) in [7, 11) is 6.72. The summed E-state index contributed by atoms with van der Waals surface area (Å²) in [5, 5.41) is 10.9. The molecule has 8 heteroatoms. The van der Waals surface area contributed by atoms with Gasteiger partial charge >= 0.3 is 0 Å². The predicted octanol–water partition coefficient (Wildman–Crippen LogP) is 0.416. The van der Waals surface area contributed by atoms with E-state index in [2.05, 4.69) is 15.5 Å². The van der Waals surface area contributed by atoms with Gasteiger partial charge in [0.15, 0.2) is 11.4 Å². The first-order valence-electron chi connectivity index (χ1n) is 6.37. The highest BCUT2D eigenvalue weighted by Crippen LogP contribution is 2.21. The lowest BCUT2D eigenvalue weighted by molar-refractivity contribution is 0.0822. The minimum absolute atomic E-state index is 0.212. The third-order valence-electron chi connectivity index (χ3n) is 3.13. The van der Waals surface area contributed by atoms with Crippen LogP contribution in [-0.4, -0.2) is 50.4 Å². The van der Waals surface area contributed by atoms with E-state index in [4.69, 9.17) is 0 Å². The number of anilines is 1. The largest absolute Gasteiger partial charge is 0.343 e. The highest BCUT2D eigenvalue weighted by molar-refractivity contribution is 6.07. The Kier molecular flexibility index (Phi) is 3.79. The van der Waals surface area contributed by atoms with Gasteiger partial charge in [0, 0.05) is 34.4 Å². The Morgan fingerprint density at radius 1 is 1.24 bits per heavy atom. The van der Waals surface area contributed by atoms with Gasteiger partial charge in [0.2, 0.25) is 0 Å². The van der Waals surface area contributed by atoms with Crippen LogP contribution in [-0.2, 0) is 14.1 Å². The molecule has 0 aliphatic carbocycles. The lowest BCUT2D eigenvalue weighted by Crippen LogP contribution is -2.24. The first-order chi connectivity index (χ1) is 9.81. The zero-order chi connectivity index (χ0) is 15.7. The second-order valence-corrected chi connectivity index (χ2v) is 4.96. The molecule has 0 fully saturated rings. The third kappa shape index (κ3) is 2.78. The topological polar surface area (TPSA) is 85.1 Å². The molecule has 0 aliphatic rings. The molecular weight excluding hydrogens is 272 g/mol. The first kappa shape index (κ1) is 14.8. The summed E-state index contributed by atoms with van der Waals surface area (Å²) in [5.74, 6) is -0.644. The maximum absolute atomic E-state index is 12.2. The molecule has 0 aliphatic heterocycles. The number of nitrogens with one attached hydrogen (secondary N) is 1. The van der Waals surface area contributed by atoms with Crippen LogP contribution in [0, 0.1) is 6.92 Å². The van der Waals surface area contributed by atoms with Crippen LogP contribution in [0.25, 0.3) is 0 Å². The summed E-state index contributed by atoms with van der Waals surface area (Å²) in [6, 6.07) is 1.61. The van der Waals surface area contributed by atoms with Crippen molar-refractivity contribution in [2.45, 2.75) is 6.92 Å². The zero-order valence-electron chi connectivity index (χ0n) is 12.7. The Hall–Kier alpha value is -2.64. The van der Waals surface area contributed by atoms with E-state index in [1.165, 1.54) is 9.58 Å². The molecule has 2 rings (SSSR count). The Morgan fingerprint density at radius 3 is 2.43 bits per heavy atom. The molecule has 0 aromatic carbocycles. The van der Waals surface area contributed by atoms with Crippen LogP contribution in [0.1, 0.15) is 26.7 Å². The molecule has 0 unspecified atom stereocenters. The van der Waals surface area contributed by atoms with E-state index in [0.29, 0.717) is 11.4 Å². The van der Waals surface area contributed by atoms with Gasteiger partial charge in [-0.25, -0.2) is 0 Å². The van der Waals surface area contributed by atoms with Crippen molar-refractivity contribution in [3.63, 3.8) is 0 Å². The van der Waals surface area contributed by atoms with E-state index < -0.39 is 0 Å². The number of aryl methyl sites for hydroxylation is 2. The van der Waals surface area contributed by atoms with Crippen molar-refractivity contribution in [1.82, 2.24) is 24.5 Å². The summed E-state index contributed by atoms with van der Waals surface area (Å²) < 4.78 is 3.10. The first-order valence-corrected chi connectivity index (χ1v) is 6.37. The standard InChI is InChI=1S/C13H18N6O2/c1-8-10(11(16-19(8)5)13(21)17(2)3)14-12(20)9-6-7-18(4)15-9/h6-7H,1-5H3,(H,14,20). The van der Waals surface area contributed by atoms with Crippen LogP contribution in [0.2, 0.25) is 0 Å². The number of rotatable bonds is 3. The number of hydrogen-bond donors (Lipinski definition) is 1. The molecule has 2 amide bonds. The van der Waals surface area contributed by atoms with E-state index in [9.17, 15) is 9.59 Å². The number of carbonyl (C=O) groups is 2. The number of carbonyl (C=O) groups excluding carboxylic acids is 2. The van der Waals surface area contributed by atoms with Crippen LogP contribution in [0.15, 0.2) is 12.3 Å². The fourth-order valence-corrected chi connectivity index (χ4v) is 1.83. The van der Waals surface area contributed by atoms with E-state index in [1.54, 1.807) is 52.1 Å². The molecule has 0 spiro atoms. The molecule has 2 aromatic heterocycles. The molecule has 2 heterocycles. The van der Waals surface area contributed by atoms with Gasteiger partial charge in [-0.1, -0.05) is 0 Å². The van der Waals surface area contributed by atoms with Crippen LogP contribution >= 0.6 is 0 Å². The minimum atomic E-state index is -0.375. The Bertz CT molecular complexity index is 698. The zero-order valence-corrected chi connectivity index (χ0v) is 12.7. The molecule has 1 N–H and O–H groups in total. The maximum atomic E-state index is 12.2. The van der Waals surface area contributed by atoms with Gasteiger partial charge in [-0.05, 0) is 13.0 Å². The van der Waals surface area contributed by atoms with Crippen LogP contribution in [0.5, 0.6) is 0 Å². The lowest BCUT2D eigenvalue weighted by atomic mass is 10.2. The van der Waals surface area contributed by atoms with Gasteiger partial charge in [0.1, 0.15) is 0 Å². The average molecular weight is 290 g/mol. The number of hydrogen-bond acceptors (Lipinski definition) is 4. The van der Waals surface area contributed by atoms with Gasteiger partial charge in [-0.15, -0.1) is 0 Å². The smallest absolute Gasteiger partial charge is 0.276 e. The molecule has 0 saturated heterocycles. The molecule has 112 valence electrons. The van der Waals surface area contributed by atoms with Gasteiger partial charge in [-0.3, -0.25) is 19.0 Å². The van der Waals surface area contributed by atoms with Crippen molar-refractivity contribution < 1.29 is 9.59 Å². The molecule has 2 aromatic rings. The van der Waals surface area contributed by atoms with Gasteiger partial charge in [0.05, 0.1) is 11.4 Å².